The molecular formula is C16H22N4O. The predicted molar refractivity (Wildman–Crippen MR) is 83.2 cm³/mol. The lowest BCUT2D eigenvalue weighted by molar-refractivity contribution is 0.130. The molecule has 0 spiro atoms. The van der Waals surface area contributed by atoms with Crippen LogP contribution in [0.3, 0.4) is 0 Å². The average Bonchev–Trinajstić information content (AvgIpc) is 2.51. The standard InChI is InChI=1S/C16H22N4O/c1-12(2)19-8-4-5-13(9-19)10-20-11-18-15-14(16(20)21)6-3-7-17-15/h3,6-7,11-13H,4-5,8-10H2,1-2H3/t13-/m0/s1. The normalized spacial score (nSPS) is 20.2. The van der Waals surface area contributed by atoms with Gasteiger partial charge in [0.05, 0.1) is 11.7 Å². The van der Waals surface area contributed by atoms with Crippen LogP contribution >= 0.6 is 0 Å². The Morgan fingerprint density at radius 3 is 3.05 bits per heavy atom. The van der Waals surface area contributed by atoms with Gasteiger partial charge in [0.15, 0.2) is 5.65 Å². The highest BCUT2D eigenvalue weighted by Crippen LogP contribution is 2.19. The lowest BCUT2D eigenvalue weighted by Crippen LogP contribution is -2.42. The molecule has 0 N–H and O–H groups in total. The number of aromatic nitrogens is 3. The molecule has 1 aliphatic heterocycles. The van der Waals surface area contributed by atoms with E-state index >= 15 is 0 Å². The van der Waals surface area contributed by atoms with Crippen LogP contribution in [0.2, 0.25) is 0 Å². The quantitative estimate of drug-likeness (QED) is 0.865. The van der Waals surface area contributed by atoms with E-state index in [4.69, 9.17) is 0 Å². The third kappa shape index (κ3) is 2.97. The minimum absolute atomic E-state index is 0.0229. The van der Waals surface area contributed by atoms with Gasteiger partial charge in [-0.2, -0.15) is 0 Å². The zero-order valence-corrected chi connectivity index (χ0v) is 12.7. The van der Waals surface area contributed by atoms with E-state index in [0.29, 0.717) is 23.0 Å². The van der Waals surface area contributed by atoms with Crippen LogP contribution in [-0.4, -0.2) is 38.6 Å². The number of piperidine rings is 1. The summed E-state index contributed by atoms with van der Waals surface area (Å²) in [6, 6.07) is 4.16. The van der Waals surface area contributed by atoms with Gasteiger partial charge in [0.25, 0.3) is 5.56 Å². The van der Waals surface area contributed by atoms with E-state index in [1.807, 2.05) is 0 Å². The molecule has 0 aromatic carbocycles. The molecule has 0 radical (unpaired) electrons. The van der Waals surface area contributed by atoms with Crippen molar-refractivity contribution in [2.45, 2.75) is 39.3 Å². The third-order valence-electron chi connectivity index (χ3n) is 4.33. The van der Waals surface area contributed by atoms with E-state index in [1.54, 1.807) is 29.2 Å². The molecule has 0 aliphatic carbocycles. The van der Waals surface area contributed by atoms with Crippen molar-refractivity contribution in [3.63, 3.8) is 0 Å². The lowest BCUT2D eigenvalue weighted by Gasteiger charge is -2.35. The number of hydrogen-bond donors (Lipinski definition) is 0. The summed E-state index contributed by atoms with van der Waals surface area (Å²) in [6.07, 6.45) is 5.70. The Bertz CT molecular complexity index is 679. The molecule has 0 saturated carbocycles. The second kappa shape index (κ2) is 5.93. The fraction of sp³-hybridized carbons (Fsp3) is 0.562. The number of fused-ring (bicyclic) bond motifs is 1. The molecule has 2 aromatic rings. The molecule has 0 unspecified atom stereocenters. The number of likely N-dealkylation sites (tertiary alicyclic amines) is 1. The van der Waals surface area contributed by atoms with E-state index in [0.717, 1.165) is 13.1 Å². The van der Waals surface area contributed by atoms with Crippen LogP contribution in [0.4, 0.5) is 0 Å². The van der Waals surface area contributed by atoms with Gasteiger partial charge >= 0.3 is 0 Å². The van der Waals surface area contributed by atoms with Gasteiger partial charge in [0.1, 0.15) is 0 Å². The van der Waals surface area contributed by atoms with Gasteiger partial charge in [0, 0.05) is 25.3 Å². The summed E-state index contributed by atoms with van der Waals surface area (Å²) in [5.41, 5.74) is 0.556. The van der Waals surface area contributed by atoms with Crippen LogP contribution in [0.1, 0.15) is 26.7 Å². The summed E-state index contributed by atoms with van der Waals surface area (Å²) < 4.78 is 1.75. The molecule has 2 aromatic heterocycles. The average molecular weight is 286 g/mol. The summed E-state index contributed by atoms with van der Waals surface area (Å²) >= 11 is 0. The molecule has 5 heteroatoms. The van der Waals surface area contributed by atoms with E-state index in [-0.39, 0.29) is 5.56 Å². The second-order valence-electron chi connectivity index (χ2n) is 6.17. The largest absolute Gasteiger partial charge is 0.301 e. The van der Waals surface area contributed by atoms with Gasteiger partial charge in [-0.15, -0.1) is 0 Å². The molecule has 112 valence electrons. The van der Waals surface area contributed by atoms with Crippen LogP contribution in [-0.2, 0) is 6.54 Å². The first-order valence-electron chi connectivity index (χ1n) is 7.69. The van der Waals surface area contributed by atoms with Crippen LogP contribution < -0.4 is 5.56 Å². The number of nitrogens with zero attached hydrogens (tertiary/aromatic N) is 4. The number of hydrogen-bond acceptors (Lipinski definition) is 4. The highest BCUT2D eigenvalue weighted by Gasteiger charge is 2.22. The molecular weight excluding hydrogens is 264 g/mol. The maximum atomic E-state index is 12.5. The van der Waals surface area contributed by atoms with Crippen LogP contribution in [0, 0.1) is 5.92 Å². The Kier molecular flexibility index (Phi) is 4.01. The Morgan fingerprint density at radius 2 is 2.24 bits per heavy atom. The van der Waals surface area contributed by atoms with Crippen LogP contribution in [0.5, 0.6) is 0 Å². The van der Waals surface area contributed by atoms with Crippen molar-refractivity contribution in [1.29, 1.82) is 0 Å². The zero-order chi connectivity index (χ0) is 14.8. The highest BCUT2D eigenvalue weighted by molar-refractivity contribution is 5.72. The van der Waals surface area contributed by atoms with E-state index < -0.39 is 0 Å². The molecule has 21 heavy (non-hydrogen) atoms. The number of rotatable bonds is 3. The molecule has 1 fully saturated rings. The summed E-state index contributed by atoms with van der Waals surface area (Å²) in [7, 11) is 0. The van der Waals surface area contributed by atoms with Crippen molar-refractivity contribution in [1.82, 2.24) is 19.4 Å². The topological polar surface area (TPSA) is 51.0 Å². The van der Waals surface area contributed by atoms with Gasteiger partial charge in [-0.1, -0.05) is 0 Å². The van der Waals surface area contributed by atoms with Gasteiger partial charge in [-0.05, 0) is 51.3 Å². The predicted octanol–water partition coefficient (Wildman–Crippen LogP) is 1.91. The molecule has 0 bridgehead atoms. The van der Waals surface area contributed by atoms with E-state index in [1.165, 1.54) is 19.4 Å². The molecule has 1 saturated heterocycles. The van der Waals surface area contributed by atoms with Crippen LogP contribution in [0.25, 0.3) is 11.0 Å². The Hall–Kier alpha value is -1.75. The molecule has 1 aliphatic rings. The summed E-state index contributed by atoms with van der Waals surface area (Å²) in [4.78, 5) is 23.4. The maximum absolute atomic E-state index is 12.5. The third-order valence-corrected chi connectivity index (χ3v) is 4.33. The smallest absolute Gasteiger partial charge is 0.262 e. The summed E-state index contributed by atoms with van der Waals surface area (Å²) in [6.45, 7) is 7.45. The summed E-state index contributed by atoms with van der Waals surface area (Å²) in [5.74, 6) is 0.523. The van der Waals surface area contributed by atoms with Crippen molar-refractivity contribution >= 4 is 11.0 Å². The highest BCUT2D eigenvalue weighted by atomic mass is 16.1. The minimum Gasteiger partial charge on any atom is -0.301 e. The summed E-state index contributed by atoms with van der Waals surface area (Å²) in [5, 5.41) is 0.608. The Morgan fingerprint density at radius 1 is 1.38 bits per heavy atom. The molecule has 5 nitrogen and oxygen atoms in total. The first-order chi connectivity index (χ1) is 10.1. The van der Waals surface area contributed by atoms with Crippen molar-refractivity contribution in [2.24, 2.45) is 5.92 Å². The van der Waals surface area contributed by atoms with Gasteiger partial charge in [0.2, 0.25) is 0 Å². The Balaban J connectivity index is 1.82. The fourth-order valence-electron chi connectivity index (χ4n) is 3.12. The maximum Gasteiger partial charge on any atom is 0.262 e. The first kappa shape index (κ1) is 14.2. The van der Waals surface area contributed by atoms with Gasteiger partial charge in [-0.3, -0.25) is 9.36 Å². The minimum atomic E-state index is 0.0229. The Labute approximate surface area is 124 Å². The van der Waals surface area contributed by atoms with Crippen molar-refractivity contribution in [3.8, 4) is 0 Å². The first-order valence-corrected chi connectivity index (χ1v) is 7.69. The van der Waals surface area contributed by atoms with Crippen molar-refractivity contribution < 1.29 is 0 Å². The fourth-order valence-corrected chi connectivity index (χ4v) is 3.12. The lowest BCUT2D eigenvalue weighted by atomic mass is 9.97. The molecule has 3 rings (SSSR count). The molecule has 1 atom stereocenters. The van der Waals surface area contributed by atoms with Crippen LogP contribution in [0.15, 0.2) is 29.5 Å². The SMILES string of the molecule is CC(C)N1CCC[C@H](Cn2cnc3ncccc3c2=O)C1. The van der Waals surface area contributed by atoms with Crippen molar-refractivity contribution in [3.05, 3.63) is 35.0 Å². The second-order valence-corrected chi connectivity index (χ2v) is 6.17. The molecule has 3 heterocycles. The molecule has 0 amide bonds. The van der Waals surface area contributed by atoms with Gasteiger partial charge < -0.3 is 4.90 Å². The van der Waals surface area contributed by atoms with E-state index in [9.17, 15) is 4.79 Å². The van der Waals surface area contributed by atoms with Crippen molar-refractivity contribution in [2.75, 3.05) is 13.1 Å². The monoisotopic (exact) mass is 286 g/mol. The van der Waals surface area contributed by atoms with E-state index in [2.05, 4.69) is 28.7 Å². The number of pyridine rings is 1. The zero-order valence-electron chi connectivity index (χ0n) is 12.7. The van der Waals surface area contributed by atoms with Gasteiger partial charge in [-0.25, -0.2) is 9.97 Å².